The number of nitrogens with one attached hydrogen (secondary N) is 3. The minimum Gasteiger partial charge on any atom is -0.378 e. The number of para-hydroxylation sites is 2. The van der Waals surface area contributed by atoms with E-state index in [1.54, 1.807) is 0 Å². The highest BCUT2D eigenvalue weighted by Gasteiger charge is 2.40. The van der Waals surface area contributed by atoms with Gasteiger partial charge in [0, 0.05) is 26.3 Å². The molecule has 136 valence electrons. The maximum Gasteiger partial charge on any atom is 0.128 e. The summed E-state index contributed by atoms with van der Waals surface area (Å²) in [5, 5.41) is 10.9. The largest absolute Gasteiger partial charge is 0.378 e. The Morgan fingerprint density at radius 3 is 2.50 bits per heavy atom. The number of anilines is 2. The molecule has 4 rings (SSSR count). The molecule has 0 saturated carbocycles. The Kier molecular flexibility index (Phi) is 4.55. The van der Waals surface area contributed by atoms with Crippen molar-refractivity contribution in [3.05, 3.63) is 54.1 Å². The van der Waals surface area contributed by atoms with Crippen molar-refractivity contribution in [1.29, 1.82) is 0 Å². The van der Waals surface area contributed by atoms with Gasteiger partial charge in [0.05, 0.1) is 16.9 Å². The van der Waals surface area contributed by atoms with E-state index in [0.717, 1.165) is 49.7 Å². The van der Waals surface area contributed by atoms with Crippen LogP contribution in [0.4, 0.5) is 17.1 Å². The Labute approximate surface area is 155 Å². The first kappa shape index (κ1) is 16.9. The van der Waals surface area contributed by atoms with Crippen LogP contribution in [0.1, 0.15) is 18.4 Å². The van der Waals surface area contributed by atoms with E-state index >= 15 is 0 Å². The minimum absolute atomic E-state index is 0.0941. The summed E-state index contributed by atoms with van der Waals surface area (Å²) in [4.78, 5) is 7.11. The zero-order valence-corrected chi connectivity index (χ0v) is 15.5. The molecule has 2 heterocycles. The van der Waals surface area contributed by atoms with E-state index in [9.17, 15) is 0 Å². The zero-order chi connectivity index (χ0) is 18.0. The smallest absolute Gasteiger partial charge is 0.128 e. The lowest BCUT2D eigenvalue weighted by Crippen LogP contribution is -2.58. The van der Waals surface area contributed by atoms with Crippen LogP contribution in [0, 0.1) is 0 Å². The molecule has 2 aromatic rings. The quantitative estimate of drug-likeness (QED) is 0.797. The molecule has 5 heteroatoms. The summed E-state index contributed by atoms with van der Waals surface area (Å²) in [5.41, 5.74) is 4.54. The first-order chi connectivity index (χ1) is 12.7. The van der Waals surface area contributed by atoms with Gasteiger partial charge in [0.1, 0.15) is 5.84 Å². The summed E-state index contributed by atoms with van der Waals surface area (Å²) < 4.78 is 0. The average molecular weight is 349 g/mol. The Balaban J connectivity index is 1.56. The van der Waals surface area contributed by atoms with E-state index in [2.05, 4.69) is 77.4 Å². The van der Waals surface area contributed by atoms with Gasteiger partial charge in [-0.25, -0.2) is 4.99 Å². The molecule has 0 amide bonds. The van der Waals surface area contributed by atoms with Crippen molar-refractivity contribution in [1.82, 2.24) is 10.6 Å². The molecule has 3 N–H and O–H groups in total. The molecule has 0 atom stereocenters. The van der Waals surface area contributed by atoms with E-state index in [1.165, 1.54) is 11.3 Å². The standard InChI is InChI=1S/C21H27N5/c1-26(2)17-9-7-16(8-10-17)15-23-20-21(11-13-22-14-12-21)25-19-6-4-3-5-18(19)24-20/h3-10,22,25H,11-15H2,1-2H3,(H,23,24). The summed E-state index contributed by atoms with van der Waals surface area (Å²) in [6, 6.07) is 17.0. The van der Waals surface area contributed by atoms with Gasteiger partial charge in [-0.05, 0) is 55.8 Å². The van der Waals surface area contributed by atoms with E-state index in [-0.39, 0.29) is 5.54 Å². The molecular weight excluding hydrogens is 322 g/mol. The summed E-state index contributed by atoms with van der Waals surface area (Å²) >= 11 is 0. The molecule has 2 aliphatic rings. The minimum atomic E-state index is -0.0941. The summed E-state index contributed by atoms with van der Waals surface area (Å²) in [6.07, 6.45) is 2.07. The molecule has 0 unspecified atom stereocenters. The molecule has 5 nitrogen and oxygen atoms in total. The fraction of sp³-hybridized carbons (Fsp3) is 0.381. The first-order valence-electron chi connectivity index (χ1n) is 9.34. The van der Waals surface area contributed by atoms with Gasteiger partial charge in [0.25, 0.3) is 0 Å². The van der Waals surface area contributed by atoms with E-state index in [1.807, 2.05) is 6.07 Å². The third-order valence-electron chi connectivity index (χ3n) is 5.33. The number of hydrogen-bond acceptors (Lipinski definition) is 5. The zero-order valence-electron chi connectivity index (χ0n) is 15.5. The second-order valence-electron chi connectivity index (χ2n) is 7.35. The molecule has 1 spiro atoms. The molecule has 0 aromatic heterocycles. The second kappa shape index (κ2) is 7.00. The number of aliphatic imine (C=N–C) groups is 1. The van der Waals surface area contributed by atoms with Crippen molar-refractivity contribution in [3.63, 3.8) is 0 Å². The highest BCUT2D eigenvalue weighted by atomic mass is 15.2. The van der Waals surface area contributed by atoms with Crippen LogP contribution in [0.25, 0.3) is 0 Å². The van der Waals surface area contributed by atoms with Crippen molar-refractivity contribution < 1.29 is 0 Å². The lowest BCUT2D eigenvalue weighted by atomic mass is 9.85. The van der Waals surface area contributed by atoms with Crippen LogP contribution in [0.2, 0.25) is 0 Å². The van der Waals surface area contributed by atoms with Gasteiger partial charge in [-0.3, -0.25) is 0 Å². The Hall–Kier alpha value is -2.53. The van der Waals surface area contributed by atoms with Crippen molar-refractivity contribution in [2.24, 2.45) is 4.99 Å². The van der Waals surface area contributed by atoms with Gasteiger partial charge >= 0.3 is 0 Å². The van der Waals surface area contributed by atoms with E-state index in [4.69, 9.17) is 4.99 Å². The number of fused-ring (bicyclic) bond motifs is 1. The molecule has 2 aromatic carbocycles. The predicted molar refractivity (Wildman–Crippen MR) is 110 cm³/mol. The van der Waals surface area contributed by atoms with Crippen LogP contribution < -0.4 is 20.9 Å². The van der Waals surface area contributed by atoms with Gasteiger partial charge in [0.2, 0.25) is 0 Å². The summed E-state index contributed by atoms with van der Waals surface area (Å²) in [5.74, 6) is 1.06. The molecule has 2 aliphatic heterocycles. The van der Waals surface area contributed by atoms with Gasteiger partial charge < -0.3 is 20.9 Å². The van der Waals surface area contributed by atoms with Crippen molar-refractivity contribution in [2.75, 3.05) is 37.4 Å². The molecular formula is C21H27N5. The Bertz CT molecular complexity index is 788. The van der Waals surface area contributed by atoms with Crippen LogP contribution in [0.3, 0.4) is 0 Å². The predicted octanol–water partition coefficient (Wildman–Crippen LogP) is 3.12. The van der Waals surface area contributed by atoms with Gasteiger partial charge in [0.15, 0.2) is 0 Å². The van der Waals surface area contributed by atoms with Crippen molar-refractivity contribution >= 4 is 22.9 Å². The second-order valence-corrected chi connectivity index (χ2v) is 7.35. The SMILES string of the molecule is CN(C)c1ccc(CNC2=Nc3ccccc3NC23CCNCC3)cc1. The van der Waals surface area contributed by atoms with Crippen LogP contribution >= 0.6 is 0 Å². The van der Waals surface area contributed by atoms with Gasteiger partial charge in [-0.1, -0.05) is 24.3 Å². The fourth-order valence-electron chi connectivity index (χ4n) is 3.74. The topological polar surface area (TPSA) is 51.7 Å². The number of nitrogens with zero attached hydrogens (tertiary/aromatic N) is 2. The number of benzene rings is 2. The Morgan fingerprint density at radius 1 is 1.04 bits per heavy atom. The highest BCUT2D eigenvalue weighted by Crippen LogP contribution is 2.36. The number of rotatable bonds is 3. The third-order valence-corrected chi connectivity index (χ3v) is 5.33. The average Bonchev–Trinajstić information content (AvgIpc) is 2.67. The molecule has 0 bridgehead atoms. The van der Waals surface area contributed by atoms with Crippen LogP contribution in [0.15, 0.2) is 53.5 Å². The van der Waals surface area contributed by atoms with E-state index in [0.29, 0.717) is 0 Å². The van der Waals surface area contributed by atoms with Gasteiger partial charge in [-0.15, -0.1) is 0 Å². The number of piperidine rings is 1. The van der Waals surface area contributed by atoms with Crippen LogP contribution in [-0.2, 0) is 6.54 Å². The lowest BCUT2D eigenvalue weighted by Gasteiger charge is -2.43. The van der Waals surface area contributed by atoms with E-state index < -0.39 is 0 Å². The normalized spacial score (nSPS) is 17.8. The maximum absolute atomic E-state index is 4.99. The fourth-order valence-corrected chi connectivity index (χ4v) is 3.74. The van der Waals surface area contributed by atoms with Crippen LogP contribution in [0.5, 0.6) is 0 Å². The first-order valence-corrected chi connectivity index (χ1v) is 9.34. The monoisotopic (exact) mass is 349 g/mol. The lowest BCUT2D eigenvalue weighted by molar-refractivity contribution is 0.412. The van der Waals surface area contributed by atoms with Gasteiger partial charge in [-0.2, -0.15) is 0 Å². The molecule has 0 aliphatic carbocycles. The Morgan fingerprint density at radius 2 is 1.77 bits per heavy atom. The molecule has 0 radical (unpaired) electrons. The summed E-state index contributed by atoms with van der Waals surface area (Å²) in [7, 11) is 4.13. The van der Waals surface area contributed by atoms with Crippen molar-refractivity contribution in [2.45, 2.75) is 24.9 Å². The molecule has 26 heavy (non-hydrogen) atoms. The van der Waals surface area contributed by atoms with Crippen LogP contribution in [-0.4, -0.2) is 38.6 Å². The molecule has 1 saturated heterocycles. The van der Waals surface area contributed by atoms with Crippen molar-refractivity contribution in [3.8, 4) is 0 Å². The molecule has 1 fully saturated rings. The highest BCUT2D eigenvalue weighted by molar-refractivity contribution is 6.00. The summed E-state index contributed by atoms with van der Waals surface area (Å²) in [6.45, 7) is 2.80. The number of amidine groups is 1. The number of hydrogen-bond donors (Lipinski definition) is 3. The third kappa shape index (κ3) is 3.27. The maximum atomic E-state index is 4.99.